The van der Waals surface area contributed by atoms with E-state index in [0.29, 0.717) is 28.9 Å². The molecule has 1 N–H and O–H groups in total. The number of nitriles is 1. The number of hydrogen-bond acceptors (Lipinski definition) is 3. The van der Waals surface area contributed by atoms with Crippen LogP contribution in [-0.2, 0) is 4.79 Å². The summed E-state index contributed by atoms with van der Waals surface area (Å²) >= 11 is 6.15. The monoisotopic (exact) mass is 275 g/mol. The molecule has 0 spiro atoms. The number of rotatable bonds is 3. The Labute approximate surface area is 117 Å². The topological polar surface area (TPSA) is 56.1 Å². The predicted molar refractivity (Wildman–Crippen MR) is 73.1 cm³/mol. The number of halogens is 1. The van der Waals surface area contributed by atoms with Crippen molar-refractivity contribution in [2.75, 3.05) is 11.4 Å². The van der Waals surface area contributed by atoms with Crippen molar-refractivity contribution < 1.29 is 4.79 Å². The van der Waals surface area contributed by atoms with E-state index in [1.165, 1.54) is 12.8 Å². The molecule has 1 saturated carbocycles. The van der Waals surface area contributed by atoms with Crippen LogP contribution in [0.1, 0.15) is 24.8 Å². The number of carbonyl (C=O) groups excluding carboxylic acids is 1. The lowest BCUT2D eigenvalue weighted by molar-refractivity contribution is -0.118. The first-order valence-electron chi connectivity index (χ1n) is 6.46. The average Bonchev–Trinajstić information content (AvgIpc) is 3.15. The second kappa shape index (κ2) is 4.84. The first-order valence-corrected chi connectivity index (χ1v) is 6.84. The van der Waals surface area contributed by atoms with Crippen molar-refractivity contribution in [1.29, 1.82) is 5.26 Å². The highest BCUT2D eigenvalue weighted by atomic mass is 35.5. The van der Waals surface area contributed by atoms with Gasteiger partial charge in [0.1, 0.15) is 0 Å². The third-order valence-electron chi connectivity index (χ3n) is 3.59. The third-order valence-corrected chi connectivity index (χ3v) is 3.89. The fraction of sp³-hybridized carbons (Fsp3) is 0.429. The zero-order valence-electron chi connectivity index (χ0n) is 10.4. The Morgan fingerprint density at radius 2 is 2.16 bits per heavy atom. The van der Waals surface area contributed by atoms with Gasteiger partial charge in [0.2, 0.25) is 5.91 Å². The summed E-state index contributed by atoms with van der Waals surface area (Å²) in [5, 5.41) is 12.6. The lowest BCUT2D eigenvalue weighted by atomic mass is 10.2. The molecular weight excluding hydrogens is 262 g/mol. The minimum atomic E-state index is -0.0841. The highest BCUT2D eigenvalue weighted by Crippen LogP contribution is 2.31. The molecule has 98 valence electrons. The van der Waals surface area contributed by atoms with Crippen molar-refractivity contribution >= 4 is 23.2 Å². The number of nitrogens with zero attached hydrogens (tertiary/aromatic N) is 2. The zero-order chi connectivity index (χ0) is 13.4. The van der Waals surface area contributed by atoms with Crippen LogP contribution in [0.25, 0.3) is 0 Å². The molecule has 0 bridgehead atoms. The van der Waals surface area contributed by atoms with E-state index in [-0.39, 0.29) is 11.9 Å². The van der Waals surface area contributed by atoms with Crippen LogP contribution in [0.3, 0.4) is 0 Å². The minimum Gasteiger partial charge on any atom is -0.310 e. The van der Waals surface area contributed by atoms with Crippen LogP contribution >= 0.6 is 11.6 Å². The van der Waals surface area contributed by atoms with E-state index in [2.05, 4.69) is 5.32 Å². The second-order valence-electron chi connectivity index (χ2n) is 5.05. The molecule has 1 amide bonds. The van der Waals surface area contributed by atoms with Crippen LogP contribution in [0.15, 0.2) is 18.2 Å². The Morgan fingerprint density at radius 3 is 2.79 bits per heavy atom. The lowest BCUT2D eigenvalue weighted by Crippen LogP contribution is -2.39. The smallest absolute Gasteiger partial charge is 0.244 e. The van der Waals surface area contributed by atoms with E-state index in [1.54, 1.807) is 23.1 Å². The Bertz CT molecular complexity index is 562. The van der Waals surface area contributed by atoms with E-state index in [4.69, 9.17) is 16.9 Å². The summed E-state index contributed by atoms with van der Waals surface area (Å²) in [6, 6.07) is 7.52. The molecule has 1 aromatic carbocycles. The summed E-state index contributed by atoms with van der Waals surface area (Å²) < 4.78 is 0. The molecule has 1 aromatic rings. The summed E-state index contributed by atoms with van der Waals surface area (Å²) in [5.41, 5.74) is 1.21. The predicted octanol–water partition coefficient (Wildman–Crippen LogP) is 2.07. The molecule has 2 fully saturated rings. The van der Waals surface area contributed by atoms with Crippen molar-refractivity contribution in [3.63, 3.8) is 0 Å². The maximum Gasteiger partial charge on any atom is 0.244 e. The molecule has 19 heavy (non-hydrogen) atoms. The summed E-state index contributed by atoms with van der Waals surface area (Å²) in [4.78, 5) is 14.0. The molecule has 4 nitrogen and oxygen atoms in total. The summed E-state index contributed by atoms with van der Waals surface area (Å²) in [6.45, 7) is 0.675. The van der Waals surface area contributed by atoms with Gasteiger partial charge in [0.15, 0.2) is 0 Å². The molecule has 1 heterocycles. The van der Waals surface area contributed by atoms with Crippen LogP contribution in [0.5, 0.6) is 0 Å². The van der Waals surface area contributed by atoms with Crippen LogP contribution in [0.2, 0.25) is 5.02 Å². The van der Waals surface area contributed by atoms with Crippen LogP contribution < -0.4 is 10.2 Å². The normalized spacial score (nSPS) is 22.6. The summed E-state index contributed by atoms with van der Waals surface area (Å²) in [7, 11) is 0. The number of carbonyl (C=O) groups is 1. The van der Waals surface area contributed by atoms with Gasteiger partial charge in [0.05, 0.1) is 28.4 Å². The molecule has 0 aromatic heterocycles. The molecule has 5 heteroatoms. The number of nitrogens with one attached hydrogen (secondary N) is 1. The van der Waals surface area contributed by atoms with Crippen molar-refractivity contribution in [2.24, 2.45) is 0 Å². The van der Waals surface area contributed by atoms with Gasteiger partial charge in [-0.2, -0.15) is 5.26 Å². The molecule has 1 aliphatic carbocycles. The first-order chi connectivity index (χ1) is 9.19. The van der Waals surface area contributed by atoms with Crippen LogP contribution in [0.4, 0.5) is 5.69 Å². The Morgan fingerprint density at radius 1 is 1.37 bits per heavy atom. The molecule has 1 saturated heterocycles. The van der Waals surface area contributed by atoms with Gasteiger partial charge in [-0.05, 0) is 37.5 Å². The molecular formula is C14H14ClN3O. The number of amides is 1. The Kier molecular flexibility index (Phi) is 3.17. The molecule has 0 radical (unpaired) electrons. The van der Waals surface area contributed by atoms with E-state index in [1.807, 2.05) is 6.07 Å². The van der Waals surface area contributed by atoms with Crippen molar-refractivity contribution in [2.45, 2.75) is 31.3 Å². The maximum atomic E-state index is 12.3. The first kappa shape index (κ1) is 12.5. The van der Waals surface area contributed by atoms with Crippen LogP contribution in [0, 0.1) is 11.3 Å². The molecule has 2 aliphatic rings. The highest BCUT2D eigenvalue weighted by molar-refractivity contribution is 6.34. The Hall–Kier alpha value is -1.57. The van der Waals surface area contributed by atoms with Crippen molar-refractivity contribution in [3.05, 3.63) is 28.8 Å². The zero-order valence-corrected chi connectivity index (χ0v) is 11.2. The largest absolute Gasteiger partial charge is 0.310 e. The molecule has 1 aliphatic heterocycles. The number of hydrogen-bond donors (Lipinski definition) is 1. The highest BCUT2D eigenvalue weighted by Gasteiger charge is 2.36. The van der Waals surface area contributed by atoms with Crippen LogP contribution in [-0.4, -0.2) is 24.5 Å². The van der Waals surface area contributed by atoms with Gasteiger partial charge in [0.25, 0.3) is 0 Å². The van der Waals surface area contributed by atoms with Gasteiger partial charge in [0, 0.05) is 12.6 Å². The van der Waals surface area contributed by atoms with Gasteiger partial charge < -0.3 is 10.2 Å². The third kappa shape index (κ3) is 2.44. The fourth-order valence-corrected chi connectivity index (χ4v) is 2.69. The fourth-order valence-electron chi connectivity index (χ4n) is 2.40. The van der Waals surface area contributed by atoms with Gasteiger partial charge >= 0.3 is 0 Å². The van der Waals surface area contributed by atoms with Gasteiger partial charge in [-0.1, -0.05) is 11.6 Å². The molecule has 1 unspecified atom stereocenters. The van der Waals surface area contributed by atoms with E-state index < -0.39 is 0 Å². The second-order valence-corrected chi connectivity index (χ2v) is 5.46. The number of anilines is 1. The number of benzene rings is 1. The van der Waals surface area contributed by atoms with E-state index in [0.717, 1.165) is 6.42 Å². The summed E-state index contributed by atoms with van der Waals surface area (Å²) in [5.74, 6) is 0.0820. The maximum absolute atomic E-state index is 12.3. The lowest BCUT2D eigenvalue weighted by Gasteiger charge is -2.18. The standard InChI is InChI=1S/C14H14ClN3O/c15-11-7-9(8-16)1-4-13(11)18-6-5-12(14(18)19)17-10-2-3-10/h1,4,7,10,12,17H,2-3,5-6H2. The average molecular weight is 276 g/mol. The van der Waals surface area contributed by atoms with Crippen molar-refractivity contribution in [3.8, 4) is 6.07 Å². The van der Waals surface area contributed by atoms with Gasteiger partial charge in [-0.15, -0.1) is 0 Å². The minimum absolute atomic E-state index is 0.0820. The quantitative estimate of drug-likeness (QED) is 0.919. The van der Waals surface area contributed by atoms with E-state index in [9.17, 15) is 4.79 Å². The summed E-state index contributed by atoms with van der Waals surface area (Å²) in [6.07, 6.45) is 3.15. The molecule has 3 rings (SSSR count). The Balaban J connectivity index is 1.79. The van der Waals surface area contributed by atoms with Gasteiger partial charge in [-0.25, -0.2) is 0 Å². The van der Waals surface area contributed by atoms with Crippen molar-refractivity contribution in [1.82, 2.24) is 5.32 Å². The molecule has 1 atom stereocenters. The van der Waals surface area contributed by atoms with Gasteiger partial charge in [-0.3, -0.25) is 4.79 Å². The SMILES string of the molecule is N#Cc1ccc(N2CCC(NC3CC3)C2=O)c(Cl)c1. The van der Waals surface area contributed by atoms with E-state index >= 15 is 0 Å².